The van der Waals surface area contributed by atoms with Crippen molar-refractivity contribution in [3.63, 3.8) is 0 Å². The Morgan fingerprint density at radius 1 is 0.769 bits per heavy atom. The van der Waals surface area contributed by atoms with Crippen LogP contribution in [-0.2, 0) is 4.79 Å². The third kappa shape index (κ3) is 14.3. The van der Waals surface area contributed by atoms with Crippen LogP contribution < -0.4 is 0 Å². The summed E-state index contributed by atoms with van der Waals surface area (Å²) in [6, 6.07) is 0. The van der Waals surface area contributed by atoms with Gasteiger partial charge in [0.15, 0.2) is 0 Å². The second-order valence-electron chi connectivity index (χ2n) is 7.40. The fraction of sp³-hybridized carbons (Fsp3) is 0.864. The highest BCUT2D eigenvalue weighted by Crippen LogP contribution is 2.12. The number of aliphatic hydroxyl groups is 2. The van der Waals surface area contributed by atoms with Crippen LogP contribution in [0.3, 0.4) is 0 Å². The van der Waals surface area contributed by atoms with Crippen molar-refractivity contribution >= 4 is 5.91 Å². The van der Waals surface area contributed by atoms with Gasteiger partial charge in [-0.25, -0.2) is 0 Å². The molecule has 4 nitrogen and oxygen atoms in total. The van der Waals surface area contributed by atoms with Gasteiger partial charge < -0.3 is 10.2 Å². The van der Waals surface area contributed by atoms with Crippen molar-refractivity contribution in [2.24, 2.45) is 0 Å². The number of carbonyl (C=O) groups excluding carboxylic acids is 1. The highest BCUT2D eigenvalue weighted by molar-refractivity contribution is 5.76. The number of hydrogen-bond donors (Lipinski definition) is 2. The molecular formula is C22H43NO3. The van der Waals surface area contributed by atoms with Gasteiger partial charge in [-0.05, 0) is 46.0 Å². The first-order valence-electron chi connectivity index (χ1n) is 10.8. The number of amides is 1. The van der Waals surface area contributed by atoms with Crippen molar-refractivity contribution in [3.8, 4) is 0 Å². The van der Waals surface area contributed by atoms with E-state index in [9.17, 15) is 15.0 Å². The van der Waals surface area contributed by atoms with Gasteiger partial charge in [-0.15, -0.1) is 0 Å². The zero-order valence-electron chi connectivity index (χ0n) is 17.5. The number of carbonyl (C=O) groups is 1. The summed E-state index contributed by atoms with van der Waals surface area (Å²) in [5.74, 6) is -0.173. The Labute approximate surface area is 161 Å². The zero-order chi connectivity index (χ0) is 19.6. The summed E-state index contributed by atoms with van der Waals surface area (Å²) in [4.78, 5) is 13.1. The highest BCUT2D eigenvalue weighted by Gasteiger charge is 2.21. The minimum atomic E-state index is -0.939. The minimum Gasteiger partial charge on any atom is -0.374 e. The van der Waals surface area contributed by atoms with E-state index < -0.39 is 12.5 Å². The lowest BCUT2D eigenvalue weighted by atomic mass is 10.1. The van der Waals surface area contributed by atoms with Crippen LogP contribution in [0.5, 0.6) is 0 Å². The molecule has 0 bridgehead atoms. The Kier molecular flexibility index (Phi) is 17.0. The molecule has 26 heavy (non-hydrogen) atoms. The Balaban J connectivity index is 3.45. The van der Waals surface area contributed by atoms with Gasteiger partial charge in [0.1, 0.15) is 12.5 Å². The molecule has 0 saturated heterocycles. The Morgan fingerprint density at radius 2 is 1.19 bits per heavy atom. The number of unbranched alkanes of at least 4 members (excludes halogenated alkanes) is 11. The van der Waals surface area contributed by atoms with Gasteiger partial charge in [-0.3, -0.25) is 9.69 Å². The molecule has 0 aromatic heterocycles. The molecule has 0 fully saturated rings. The molecule has 1 amide bonds. The van der Waals surface area contributed by atoms with E-state index in [2.05, 4.69) is 19.1 Å². The fourth-order valence-electron chi connectivity index (χ4n) is 3.21. The Hall–Kier alpha value is -0.870. The molecule has 0 heterocycles. The quantitative estimate of drug-likeness (QED) is 0.201. The highest BCUT2D eigenvalue weighted by atomic mass is 16.3. The number of rotatable bonds is 17. The summed E-state index contributed by atoms with van der Waals surface area (Å²) in [6.07, 6.45) is 19.1. The lowest BCUT2D eigenvalue weighted by Gasteiger charge is -2.28. The summed E-state index contributed by atoms with van der Waals surface area (Å²) in [5, 5.41) is 19.0. The van der Waals surface area contributed by atoms with Crippen molar-refractivity contribution < 1.29 is 15.0 Å². The largest absolute Gasteiger partial charge is 0.374 e. The fourth-order valence-corrected chi connectivity index (χ4v) is 3.21. The number of allylic oxidation sites excluding steroid dienone is 2. The Morgan fingerprint density at radius 3 is 1.65 bits per heavy atom. The maximum Gasteiger partial charge on any atom is 0.226 e. The predicted molar refractivity (Wildman–Crippen MR) is 110 cm³/mol. The molecule has 2 N–H and O–H groups in total. The van der Waals surface area contributed by atoms with Crippen LogP contribution >= 0.6 is 0 Å². The van der Waals surface area contributed by atoms with Crippen molar-refractivity contribution in [1.82, 2.24) is 4.90 Å². The first-order valence-corrected chi connectivity index (χ1v) is 10.8. The third-order valence-corrected chi connectivity index (χ3v) is 4.75. The van der Waals surface area contributed by atoms with Gasteiger partial charge >= 0.3 is 0 Å². The third-order valence-electron chi connectivity index (χ3n) is 4.75. The van der Waals surface area contributed by atoms with E-state index >= 15 is 0 Å². The molecule has 4 heteroatoms. The van der Waals surface area contributed by atoms with Crippen molar-refractivity contribution in [2.45, 2.75) is 123 Å². The Bertz CT molecular complexity index is 345. The maximum atomic E-state index is 12.0. The summed E-state index contributed by atoms with van der Waals surface area (Å²) in [7, 11) is 0. The van der Waals surface area contributed by atoms with Crippen LogP contribution in [0.4, 0.5) is 0 Å². The molecule has 2 unspecified atom stereocenters. The van der Waals surface area contributed by atoms with E-state index in [1.165, 1.54) is 71.6 Å². The molecular weight excluding hydrogens is 326 g/mol. The average Bonchev–Trinajstić information content (AvgIpc) is 2.57. The predicted octanol–water partition coefficient (Wildman–Crippen LogP) is 5.53. The molecule has 0 aromatic carbocycles. The first-order chi connectivity index (χ1) is 12.5. The standard InChI is InChI=1S/C22H43NO3/c1-4-5-6-7-8-9-10-11-12-13-14-15-16-17-18-19-22(26)23(20(2)24)21(3)25/h11-12,20-21,24-25H,4-10,13-19H2,1-3H3. The van der Waals surface area contributed by atoms with Crippen LogP contribution in [0, 0.1) is 0 Å². The second kappa shape index (κ2) is 17.5. The molecule has 0 aliphatic heterocycles. The first kappa shape index (κ1) is 25.1. The summed E-state index contributed by atoms with van der Waals surface area (Å²) in [6.45, 7) is 5.26. The van der Waals surface area contributed by atoms with E-state index in [1.807, 2.05) is 0 Å². The van der Waals surface area contributed by atoms with Crippen LogP contribution in [0.25, 0.3) is 0 Å². The molecule has 0 radical (unpaired) electrons. The average molecular weight is 370 g/mol. The smallest absolute Gasteiger partial charge is 0.226 e. The lowest BCUT2D eigenvalue weighted by Crippen LogP contribution is -2.44. The molecule has 0 aromatic rings. The van der Waals surface area contributed by atoms with E-state index in [-0.39, 0.29) is 5.91 Å². The minimum absolute atomic E-state index is 0.173. The molecule has 0 aliphatic carbocycles. The topological polar surface area (TPSA) is 60.8 Å². The van der Waals surface area contributed by atoms with Gasteiger partial charge in [0.2, 0.25) is 5.91 Å². The monoisotopic (exact) mass is 369 g/mol. The number of nitrogens with zero attached hydrogens (tertiary/aromatic N) is 1. The van der Waals surface area contributed by atoms with Crippen LogP contribution in [0.2, 0.25) is 0 Å². The van der Waals surface area contributed by atoms with Gasteiger partial charge in [0.25, 0.3) is 0 Å². The van der Waals surface area contributed by atoms with E-state index in [4.69, 9.17) is 0 Å². The van der Waals surface area contributed by atoms with E-state index in [0.29, 0.717) is 6.42 Å². The molecule has 0 saturated carbocycles. The van der Waals surface area contributed by atoms with E-state index in [1.54, 1.807) is 0 Å². The maximum absolute atomic E-state index is 12.0. The van der Waals surface area contributed by atoms with Gasteiger partial charge in [0, 0.05) is 6.42 Å². The number of hydrogen-bond acceptors (Lipinski definition) is 3. The van der Waals surface area contributed by atoms with Crippen LogP contribution in [-0.4, -0.2) is 33.5 Å². The van der Waals surface area contributed by atoms with Gasteiger partial charge in [-0.1, -0.05) is 70.4 Å². The number of aliphatic hydroxyl groups excluding tert-OH is 2. The molecule has 2 atom stereocenters. The summed E-state index contributed by atoms with van der Waals surface area (Å²) >= 11 is 0. The second-order valence-corrected chi connectivity index (χ2v) is 7.40. The van der Waals surface area contributed by atoms with Gasteiger partial charge in [0.05, 0.1) is 0 Å². The normalized spacial score (nSPS) is 13.9. The van der Waals surface area contributed by atoms with E-state index in [0.717, 1.165) is 30.6 Å². The van der Waals surface area contributed by atoms with Crippen LogP contribution in [0.1, 0.15) is 111 Å². The van der Waals surface area contributed by atoms with Crippen molar-refractivity contribution in [3.05, 3.63) is 12.2 Å². The summed E-state index contributed by atoms with van der Waals surface area (Å²) < 4.78 is 0. The molecule has 0 rings (SSSR count). The molecule has 0 spiro atoms. The van der Waals surface area contributed by atoms with Crippen molar-refractivity contribution in [1.29, 1.82) is 0 Å². The summed E-state index contributed by atoms with van der Waals surface area (Å²) in [5.41, 5.74) is 0. The molecule has 154 valence electrons. The lowest BCUT2D eigenvalue weighted by molar-refractivity contribution is -0.156. The van der Waals surface area contributed by atoms with Crippen LogP contribution in [0.15, 0.2) is 12.2 Å². The van der Waals surface area contributed by atoms with Crippen molar-refractivity contribution in [2.75, 3.05) is 0 Å². The SMILES string of the molecule is CCCCCCCCC=CCCCCCCCC(=O)N(C(C)O)C(C)O. The molecule has 0 aliphatic rings. The van der Waals surface area contributed by atoms with Gasteiger partial charge in [-0.2, -0.15) is 0 Å². The zero-order valence-corrected chi connectivity index (χ0v) is 17.5.